The maximum atomic E-state index is 12.5. The first-order valence-corrected chi connectivity index (χ1v) is 11.0. The van der Waals surface area contributed by atoms with Gasteiger partial charge in [-0.25, -0.2) is 4.98 Å². The Morgan fingerprint density at radius 2 is 2.14 bits per heavy atom. The molecular weight excluding hydrogens is 418 g/mol. The Labute approximate surface area is 175 Å². The molecule has 1 aliphatic rings. The predicted octanol–water partition coefficient (Wildman–Crippen LogP) is 3.45. The first-order valence-electron chi connectivity index (χ1n) is 8.74. The van der Waals surface area contributed by atoms with Gasteiger partial charge in [-0.1, -0.05) is 29.4 Å². The molecule has 4 rings (SSSR count). The zero-order valence-corrected chi connectivity index (χ0v) is 17.6. The quantitative estimate of drug-likeness (QED) is 0.571. The largest absolute Gasteiger partial charge is 0.378 e. The molecule has 7 nitrogen and oxygen atoms in total. The molecule has 0 spiro atoms. The third kappa shape index (κ3) is 4.22. The standard InChI is InChI=1S/C18H18ClN5O2S2/c1-12-21-22-18(24(12)14-4-2-3-13(19)9-14)28-11-16-20-15(10-27-16)17(25)23-5-7-26-8-6-23/h2-4,9-10H,5-8,11H2,1H3. The number of aryl methyl sites for hydroxylation is 1. The number of thioether (sulfide) groups is 1. The van der Waals surface area contributed by atoms with Crippen LogP contribution in [0.25, 0.3) is 5.69 Å². The van der Waals surface area contributed by atoms with E-state index in [1.807, 2.05) is 41.1 Å². The lowest BCUT2D eigenvalue weighted by Gasteiger charge is -2.25. The number of carbonyl (C=O) groups is 1. The van der Waals surface area contributed by atoms with E-state index in [1.165, 1.54) is 23.1 Å². The number of halogens is 1. The van der Waals surface area contributed by atoms with Crippen molar-refractivity contribution in [2.45, 2.75) is 17.8 Å². The molecule has 0 bridgehead atoms. The van der Waals surface area contributed by atoms with Gasteiger partial charge in [0.15, 0.2) is 5.16 Å². The number of hydrogen-bond donors (Lipinski definition) is 0. The lowest BCUT2D eigenvalue weighted by molar-refractivity contribution is 0.0299. The van der Waals surface area contributed by atoms with E-state index in [0.29, 0.717) is 42.8 Å². The Morgan fingerprint density at radius 3 is 2.93 bits per heavy atom. The van der Waals surface area contributed by atoms with Gasteiger partial charge >= 0.3 is 0 Å². The monoisotopic (exact) mass is 435 g/mol. The zero-order valence-electron chi connectivity index (χ0n) is 15.2. The smallest absolute Gasteiger partial charge is 0.273 e. The van der Waals surface area contributed by atoms with Gasteiger partial charge in [-0.2, -0.15) is 0 Å². The lowest BCUT2D eigenvalue weighted by Crippen LogP contribution is -2.40. The van der Waals surface area contributed by atoms with E-state index in [0.717, 1.165) is 21.7 Å². The Kier molecular flexibility index (Phi) is 5.96. The van der Waals surface area contributed by atoms with Crippen LogP contribution in [0.15, 0.2) is 34.8 Å². The minimum absolute atomic E-state index is 0.0336. The Morgan fingerprint density at radius 1 is 1.32 bits per heavy atom. The van der Waals surface area contributed by atoms with Crippen LogP contribution in [-0.4, -0.2) is 56.9 Å². The van der Waals surface area contributed by atoms with Gasteiger partial charge in [0.1, 0.15) is 16.5 Å². The van der Waals surface area contributed by atoms with Crippen LogP contribution in [0.4, 0.5) is 0 Å². The van der Waals surface area contributed by atoms with Gasteiger partial charge in [-0.15, -0.1) is 21.5 Å². The molecule has 0 atom stereocenters. The molecule has 10 heteroatoms. The van der Waals surface area contributed by atoms with Crippen molar-refractivity contribution in [3.05, 3.63) is 51.2 Å². The second kappa shape index (κ2) is 8.60. The number of hydrogen-bond acceptors (Lipinski definition) is 7. The number of morpholine rings is 1. The van der Waals surface area contributed by atoms with E-state index >= 15 is 0 Å². The molecule has 0 N–H and O–H groups in total. The van der Waals surface area contributed by atoms with Gasteiger partial charge < -0.3 is 9.64 Å². The fourth-order valence-corrected chi connectivity index (χ4v) is 4.85. The van der Waals surface area contributed by atoms with E-state index < -0.39 is 0 Å². The van der Waals surface area contributed by atoms with Gasteiger partial charge in [0.25, 0.3) is 5.91 Å². The highest BCUT2D eigenvalue weighted by atomic mass is 35.5. The fraction of sp³-hybridized carbons (Fsp3) is 0.333. The highest BCUT2D eigenvalue weighted by molar-refractivity contribution is 7.98. The summed E-state index contributed by atoms with van der Waals surface area (Å²) in [6.07, 6.45) is 0. The van der Waals surface area contributed by atoms with Crippen molar-refractivity contribution in [1.82, 2.24) is 24.6 Å². The van der Waals surface area contributed by atoms with E-state index in [9.17, 15) is 4.79 Å². The molecular formula is C18H18ClN5O2S2. The molecule has 0 saturated carbocycles. The maximum absolute atomic E-state index is 12.5. The van der Waals surface area contributed by atoms with E-state index in [1.54, 1.807) is 4.90 Å². The number of benzene rings is 1. The summed E-state index contributed by atoms with van der Waals surface area (Å²) in [6, 6.07) is 7.58. The summed E-state index contributed by atoms with van der Waals surface area (Å²) in [7, 11) is 0. The maximum Gasteiger partial charge on any atom is 0.273 e. The number of amides is 1. The molecule has 2 aromatic heterocycles. The summed E-state index contributed by atoms with van der Waals surface area (Å²) < 4.78 is 7.26. The second-order valence-corrected chi connectivity index (χ2v) is 8.49. The SMILES string of the molecule is Cc1nnc(SCc2nc(C(=O)N3CCOCC3)cs2)n1-c1cccc(Cl)c1. The summed E-state index contributed by atoms with van der Waals surface area (Å²) in [5, 5.41) is 12.6. The molecule has 1 saturated heterocycles. The van der Waals surface area contributed by atoms with Crippen molar-refractivity contribution < 1.29 is 9.53 Å². The summed E-state index contributed by atoms with van der Waals surface area (Å²) in [4.78, 5) is 18.8. The minimum atomic E-state index is -0.0336. The van der Waals surface area contributed by atoms with Gasteiger partial charge in [0, 0.05) is 23.5 Å². The first kappa shape index (κ1) is 19.4. The van der Waals surface area contributed by atoms with Crippen LogP contribution in [0.5, 0.6) is 0 Å². The van der Waals surface area contributed by atoms with E-state index in [2.05, 4.69) is 15.2 Å². The van der Waals surface area contributed by atoms with Crippen LogP contribution in [0.1, 0.15) is 21.3 Å². The molecule has 28 heavy (non-hydrogen) atoms. The van der Waals surface area contributed by atoms with Crippen LogP contribution in [0.2, 0.25) is 5.02 Å². The van der Waals surface area contributed by atoms with Crippen molar-refractivity contribution in [3.8, 4) is 5.69 Å². The number of rotatable bonds is 5. The summed E-state index contributed by atoms with van der Waals surface area (Å²) in [5.41, 5.74) is 1.41. The van der Waals surface area contributed by atoms with Crippen LogP contribution in [-0.2, 0) is 10.5 Å². The molecule has 0 aliphatic carbocycles. The molecule has 1 fully saturated rings. The number of ether oxygens (including phenoxy) is 1. The topological polar surface area (TPSA) is 73.1 Å². The molecule has 3 aromatic rings. The van der Waals surface area contributed by atoms with Crippen LogP contribution >= 0.6 is 34.7 Å². The number of thiazole rings is 1. The molecule has 1 amide bonds. The van der Waals surface area contributed by atoms with E-state index in [4.69, 9.17) is 16.3 Å². The molecule has 1 aromatic carbocycles. The van der Waals surface area contributed by atoms with Gasteiger partial charge in [0.05, 0.1) is 24.7 Å². The molecule has 0 radical (unpaired) electrons. The Hall–Kier alpha value is -1.94. The number of carbonyl (C=O) groups excluding carboxylic acids is 1. The predicted molar refractivity (Wildman–Crippen MR) is 110 cm³/mol. The third-order valence-electron chi connectivity index (χ3n) is 4.26. The average Bonchev–Trinajstić information content (AvgIpc) is 3.33. The summed E-state index contributed by atoms with van der Waals surface area (Å²) >= 11 is 9.14. The van der Waals surface area contributed by atoms with Gasteiger partial charge in [0.2, 0.25) is 0 Å². The molecule has 3 heterocycles. The lowest BCUT2D eigenvalue weighted by atomic mass is 10.3. The summed E-state index contributed by atoms with van der Waals surface area (Å²) in [6.45, 7) is 4.29. The van der Waals surface area contributed by atoms with Gasteiger partial charge in [-0.05, 0) is 25.1 Å². The highest BCUT2D eigenvalue weighted by Crippen LogP contribution is 2.27. The second-order valence-electron chi connectivity index (χ2n) is 6.16. The summed E-state index contributed by atoms with van der Waals surface area (Å²) in [5.74, 6) is 1.36. The molecule has 146 valence electrons. The zero-order chi connectivity index (χ0) is 19.5. The van der Waals surface area contributed by atoms with Crippen LogP contribution in [0.3, 0.4) is 0 Å². The van der Waals surface area contributed by atoms with Crippen molar-refractivity contribution in [2.75, 3.05) is 26.3 Å². The average molecular weight is 436 g/mol. The Balaban J connectivity index is 1.46. The van der Waals surface area contributed by atoms with E-state index in [-0.39, 0.29) is 5.91 Å². The fourth-order valence-electron chi connectivity index (χ4n) is 2.88. The van der Waals surface area contributed by atoms with Crippen molar-refractivity contribution in [1.29, 1.82) is 0 Å². The van der Waals surface area contributed by atoms with Gasteiger partial charge in [-0.3, -0.25) is 9.36 Å². The molecule has 0 unspecified atom stereocenters. The first-order chi connectivity index (χ1) is 13.6. The number of aromatic nitrogens is 4. The number of nitrogens with zero attached hydrogens (tertiary/aromatic N) is 5. The van der Waals surface area contributed by atoms with Crippen molar-refractivity contribution >= 4 is 40.6 Å². The van der Waals surface area contributed by atoms with Crippen molar-refractivity contribution in [3.63, 3.8) is 0 Å². The Bertz CT molecular complexity index is 984. The molecule has 1 aliphatic heterocycles. The highest BCUT2D eigenvalue weighted by Gasteiger charge is 2.21. The van der Waals surface area contributed by atoms with Crippen molar-refractivity contribution in [2.24, 2.45) is 0 Å². The normalized spacial score (nSPS) is 14.4. The van der Waals surface area contributed by atoms with Crippen LogP contribution < -0.4 is 0 Å². The third-order valence-corrected chi connectivity index (χ3v) is 6.46. The van der Waals surface area contributed by atoms with Crippen LogP contribution in [0, 0.1) is 6.92 Å². The minimum Gasteiger partial charge on any atom is -0.378 e.